The zero-order valence-corrected chi connectivity index (χ0v) is 19.8. The summed E-state index contributed by atoms with van der Waals surface area (Å²) in [6, 6.07) is 15.4. The lowest BCUT2D eigenvalue weighted by atomic mass is 9.89. The SMILES string of the molecule is O=C(c1ccccc1Cl)N1CCN(c2nc3ccccc3c3nnc(C4CCCCC4)n23)CC1. The molecular formula is C26H27ClN6O. The Kier molecular flexibility index (Phi) is 5.57. The van der Waals surface area contributed by atoms with E-state index in [0.717, 1.165) is 41.2 Å². The molecule has 34 heavy (non-hydrogen) atoms. The number of hydrogen-bond acceptors (Lipinski definition) is 5. The Morgan fingerprint density at radius 3 is 2.41 bits per heavy atom. The molecule has 174 valence electrons. The van der Waals surface area contributed by atoms with Gasteiger partial charge in [0.2, 0.25) is 5.95 Å². The van der Waals surface area contributed by atoms with Gasteiger partial charge in [0.25, 0.3) is 5.91 Å². The lowest BCUT2D eigenvalue weighted by Crippen LogP contribution is -2.49. The lowest BCUT2D eigenvalue weighted by Gasteiger charge is -2.36. The molecule has 2 aliphatic rings. The minimum atomic E-state index is -0.0194. The molecule has 8 heteroatoms. The minimum absolute atomic E-state index is 0.0194. The molecule has 0 unspecified atom stereocenters. The number of piperazine rings is 1. The van der Waals surface area contributed by atoms with Crippen molar-refractivity contribution in [1.29, 1.82) is 0 Å². The molecule has 0 radical (unpaired) electrons. The Bertz CT molecular complexity index is 1350. The number of nitrogens with zero attached hydrogens (tertiary/aromatic N) is 6. The summed E-state index contributed by atoms with van der Waals surface area (Å²) in [5.74, 6) is 2.30. The molecule has 7 nitrogen and oxygen atoms in total. The molecule has 0 spiro atoms. The number of aromatic nitrogens is 4. The molecule has 3 heterocycles. The summed E-state index contributed by atoms with van der Waals surface area (Å²) in [4.78, 5) is 22.3. The first-order chi connectivity index (χ1) is 16.7. The van der Waals surface area contributed by atoms with Crippen molar-refractivity contribution in [2.75, 3.05) is 31.1 Å². The first kappa shape index (κ1) is 21.4. The number of carbonyl (C=O) groups is 1. The summed E-state index contributed by atoms with van der Waals surface area (Å²) < 4.78 is 2.18. The van der Waals surface area contributed by atoms with E-state index in [1.54, 1.807) is 12.1 Å². The second-order valence-corrected chi connectivity index (χ2v) is 9.65. The highest BCUT2D eigenvalue weighted by molar-refractivity contribution is 6.33. The van der Waals surface area contributed by atoms with Crippen LogP contribution in [0.3, 0.4) is 0 Å². The van der Waals surface area contributed by atoms with Crippen LogP contribution in [0.4, 0.5) is 5.95 Å². The van der Waals surface area contributed by atoms with E-state index >= 15 is 0 Å². The molecule has 1 aliphatic carbocycles. The van der Waals surface area contributed by atoms with Gasteiger partial charge < -0.3 is 9.80 Å². The molecule has 4 aromatic rings. The van der Waals surface area contributed by atoms with Crippen LogP contribution >= 0.6 is 11.6 Å². The van der Waals surface area contributed by atoms with Gasteiger partial charge in [0.05, 0.1) is 16.1 Å². The number of fused-ring (bicyclic) bond motifs is 3. The second-order valence-electron chi connectivity index (χ2n) is 9.24. The van der Waals surface area contributed by atoms with Gasteiger partial charge in [-0.3, -0.25) is 4.79 Å². The number of anilines is 1. The fourth-order valence-electron chi connectivity index (χ4n) is 5.34. The monoisotopic (exact) mass is 474 g/mol. The van der Waals surface area contributed by atoms with Gasteiger partial charge in [0.15, 0.2) is 5.65 Å². The van der Waals surface area contributed by atoms with Crippen molar-refractivity contribution in [2.24, 2.45) is 0 Å². The molecule has 2 aromatic heterocycles. The van der Waals surface area contributed by atoms with Crippen LogP contribution in [0.1, 0.15) is 54.2 Å². The smallest absolute Gasteiger partial charge is 0.255 e. The van der Waals surface area contributed by atoms with E-state index in [2.05, 4.69) is 25.6 Å². The number of hydrogen-bond donors (Lipinski definition) is 0. The fraction of sp³-hybridized carbons (Fsp3) is 0.385. The van der Waals surface area contributed by atoms with Crippen LogP contribution in [0.25, 0.3) is 16.6 Å². The maximum absolute atomic E-state index is 13.1. The van der Waals surface area contributed by atoms with Crippen LogP contribution in [-0.2, 0) is 0 Å². The Hall–Kier alpha value is -3.19. The number of carbonyl (C=O) groups excluding carboxylic acids is 1. The molecular weight excluding hydrogens is 448 g/mol. The molecule has 1 saturated heterocycles. The molecule has 1 aliphatic heterocycles. The Morgan fingerprint density at radius 2 is 1.62 bits per heavy atom. The molecule has 1 saturated carbocycles. The summed E-state index contributed by atoms with van der Waals surface area (Å²) in [6.45, 7) is 2.61. The van der Waals surface area contributed by atoms with Crippen molar-refractivity contribution in [3.63, 3.8) is 0 Å². The number of amides is 1. The lowest BCUT2D eigenvalue weighted by molar-refractivity contribution is 0.0746. The van der Waals surface area contributed by atoms with Gasteiger partial charge in [-0.25, -0.2) is 9.38 Å². The maximum Gasteiger partial charge on any atom is 0.255 e. The molecule has 6 rings (SSSR count). The predicted octanol–water partition coefficient (Wildman–Crippen LogP) is 4.94. The van der Waals surface area contributed by atoms with Crippen LogP contribution in [0.5, 0.6) is 0 Å². The summed E-state index contributed by atoms with van der Waals surface area (Å²) in [5.41, 5.74) is 2.35. The average Bonchev–Trinajstić information content (AvgIpc) is 3.34. The first-order valence-electron chi connectivity index (χ1n) is 12.1. The van der Waals surface area contributed by atoms with Gasteiger partial charge in [-0.15, -0.1) is 10.2 Å². The molecule has 0 N–H and O–H groups in total. The van der Waals surface area contributed by atoms with E-state index in [1.807, 2.05) is 35.2 Å². The predicted molar refractivity (Wildman–Crippen MR) is 134 cm³/mol. The van der Waals surface area contributed by atoms with Crippen LogP contribution in [0.15, 0.2) is 48.5 Å². The van der Waals surface area contributed by atoms with Crippen LogP contribution in [0, 0.1) is 0 Å². The third-order valence-corrected chi connectivity index (χ3v) is 7.51. The molecule has 1 amide bonds. The summed E-state index contributed by atoms with van der Waals surface area (Å²) in [6.07, 6.45) is 6.06. The number of halogens is 1. The number of para-hydroxylation sites is 1. The van der Waals surface area contributed by atoms with Crippen molar-refractivity contribution < 1.29 is 4.79 Å². The van der Waals surface area contributed by atoms with E-state index in [-0.39, 0.29) is 5.91 Å². The topological polar surface area (TPSA) is 66.6 Å². The first-order valence-corrected chi connectivity index (χ1v) is 12.5. The van der Waals surface area contributed by atoms with E-state index in [4.69, 9.17) is 16.6 Å². The highest BCUT2D eigenvalue weighted by Crippen LogP contribution is 2.34. The highest BCUT2D eigenvalue weighted by Gasteiger charge is 2.29. The van der Waals surface area contributed by atoms with Crippen LogP contribution in [-0.4, -0.2) is 56.6 Å². The largest absolute Gasteiger partial charge is 0.338 e. The number of rotatable bonds is 3. The van der Waals surface area contributed by atoms with Crippen molar-refractivity contribution in [1.82, 2.24) is 24.5 Å². The zero-order valence-electron chi connectivity index (χ0n) is 19.0. The fourth-order valence-corrected chi connectivity index (χ4v) is 5.55. The summed E-state index contributed by atoms with van der Waals surface area (Å²) >= 11 is 6.28. The van der Waals surface area contributed by atoms with Gasteiger partial charge in [-0.05, 0) is 37.1 Å². The van der Waals surface area contributed by atoms with Gasteiger partial charge in [-0.2, -0.15) is 0 Å². The van der Waals surface area contributed by atoms with Gasteiger partial charge >= 0.3 is 0 Å². The third kappa shape index (κ3) is 3.68. The van der Waals surface area contributed by atoms with E-state index in [0.29, 0.717) is 42.7 Å². The average molecular weight is 475 g/mol. The van der Waals surface area contributed by atoms with Gasteiger partial charge in [-0.1, -0.05) is 55.1 Å². The van der Waals surface area contributed by atoms with E-state index < -0.39 is 0 Å². The third-order valence-electron chi connectivity index (χ3n) is 7.18. The number of benzene rings is 2. The second kappa shape index (κ2) is 8.87. The standard InChI is InChI=1S/C26H27ClN6O/c27-21-12-6-4-10-19(21)25(34)31-14-16-32(17-15-31)26-28-22-13-7-5-11-20(22)24-30-29-23(33(24)26)18-8-2-1-3-9-18/h4-7,10-13,18H,1-3,8-9,14-17H2. The minimum Gasteiger partial charge on any atom is -0.338 e. The Morgan fingerprint density at radius 1 is 0.882 bits per heavy atom. The Labute approximate surface area is 203 Å². The molecule has 0 bridgehead atoms. The van der Waals surface area contributed by atoms with Crippen molar-refractivity contribution in [2.45, 2.75) is 38.0 Å². The van der Waals surface area contributed by atoms with Crippen molar-refractivity contribution >= 4 is 40.0 Å². The normalized spacial score (nSPS) is 17.6. The molecule has 2 aromatic carbocycles. The highest BCUT2D eigenvalue weighted by atomic mass is 35.5. The van der Waals surface area contributed by atoms with Crippen molar-refractivity contribution in [3.8, 4) is 0 Å². The summed E-state index contributed by atoms with van der Waals surface area (Å²) in [5, 5.41) is 10.8. The van der Waals surface area contributed by atoms with Gasteiger partial charge in [0, 0.05) is 37.5 Å². The maximum atomic E-state index is 13.1. The quantitative estimate of drug-likeness (QED) is 0.420. The summed E-state index contributed by atoms with van der Waals surface area (Å²) in [7, 11) is 0. The molecule has 2 fully saturated rings. The van der Waals surface area contributed by atoms with E-state index in [1.165, 1.54) is 19.3 Å². The van der Waals surface area contributed by atoms with Crippen LogP contribution < -0.4 is 4.90 Å². The van der Waals surface area contributed by atoms with Gasteiger partial charge in [0.1, 0.15) is 5.82 Å². The van der Waals surface area contributed by atoms with Crippen LogP contribution in [0.2, 0.25) is 5.02 Å². The van der Waals surface area contributed by atoms with Crippen molar-refractivity contribution in [3.05, 3.63) is 64.9 Å². The Balaban J connectivity index is 1.34. The van der Waals surface area contributed by atoms with E-state index in [9.17, 15) is 4.79 Å². The molecule has 0 atom stereocenters. The zero-order chi connectivity index (χ0) is 23.1.